The molecule has 0 radical (unpaired) electrons. The molecule has 0 aromatic heterocycles. The fraction of sp³-hybridized carbons (Fsp3) is 0.364. The molecule has 1 N–H and O–H groups in total. The zero-order chi connectivity index (χ0) is 14.6. The van der Waals surface area contributed by atoms with E-state index in [4.69, 9.17) is 11.6 Å². The van der Waals surface area contributed by atoms with Gasteiger partial charge in [-0.25, -0.2) is 13.1 Å². The molecule has 0 aliphatic carbocycles. The molecule has 1 aromatic rings. The first-order valence-electron chi connectivity index (χ1n) is 5.39. The van der Waals surface area contributed by atoms with Crippen molar-refractivity contribution in [3.8, 4) is 0 Å². The maximum absolute atomic E-state index is 11.9. The number of nitrogens with zero attached hydrogens (tertiary/aromatic N) is 1. The minimum atomic E-state index is -3.63. The molecule has 0 unspecified atom stereocenters. The highest BCUT2D eigenvalue weighted by molar-refractivity contribution is 9.10. The number of halogens is 2. The van der Waals surface area contributed by atoms with Gasteiger partial charge in [-0.15, -0.1) is 0 Å². The van der Waals surface area contributed by atoms with Crippen molar-refractivity contribution < 1.29 is 13.2 Å². The van der Waals surface area contributed by atoms with Gasteiger partial charge >= 0.3 is 0 Å². The quantitative estimate of drug-likeness (QED) is 0.861. The van der Waals surface area contributed by atoms with Crippen LogP contribution in [0, 0.1) is 0 Å². The molecule has 0 aliphatic rings. The summed E-state index contributed by atoms with van der Waals surface area (Å²) in [5.74, 6) is -0.139. The second-order valence-electron chi connectivity index (χ2n) is 4.01. The van der Waals surface area contributed by atoms with Crippen molar-refractivity contribution in [3.63, 3.8) is 0 Å². The molecule has 0 fully saturated rings. The number of rotatable bonds is 5. The van der Waals surface area contributed by atoms with E-state index in [1.165, 1.54) is 23.1 Å². The van der Waals surface area contributed by atoms with Crippen LogP contribution in [-0.2, 0) is 14.8 Å². The lowest BCUT2D eigenvalue weighted by molar-refractivity contribution is -0.128. The summed E-state index contributed by atoms with van der Waals surface area (Å²) in [6, 6.07) is 4.31. The van der Waals surface area contributed by atoms with Crippen molar-refractivity contribution in [1.82, 2.24) is 9.62 Å². The van der Waals surface area contributed by atoms with Crippen molar-refractivity contribution in [3.05, 3.63) is 27.7 Å². The summed E-state index contributed by atoms with van der Waals surface area (Å²) in [6.45, 7) is 0.0552. The molecule has 0 bridgehead atoms. The number of hydrogen-bond donors (Lipinski definition) is 1. The van der Waals surface area contributed by atoms with E-state index in [0.717, 1.165) is 0 Å². The summed E-state index contributed by atoms with van der Waals surface area (Å²) in [5, 5.41) is 0.432. The lowest BCUT2D eigenvalue weighted by Crippen LogP contribution is -2.30. The lowest BCUT2D eigenvalue weighted by atomic mass is 10.4. The third-order valence-corrected chi connectivity index (χ3v) is 5.00. The van der Waals surface area contributed by atoms with E-state index in [1.807, 2.05) is 0 Å². The predicted molar refractivity (Wildman–Crippen MR) is 77.7 cm³/mol. The molecule has 5 nitrogen and oxygen atoms in total. The highest BCUT2D eigenvalue weighted by Gasteiger charge is 2.15. The van der Waals surface area contributed by atoms with E-state index in [2.05, 4.69) is 20.7 Å². The highest BCUT2D eigenvalue weighted by Crippen LogP contribution is 2.25. The van der Waals surface area contributed by atoms with E-state index in [-0.39, 0.29) is 23.8 Å². The number of hydrogen-bond acceptors (Lipinski definition) is 3. The van der Waals surface area contributed by atoms with Gasteiger partial charge in [0, 0.05) is 31.5 Å². The number of nitrogens with one attached hydrogen (secondary N) is 1. The third-order valence-electron chi connectivity index (χ3n) is 2.33. The van der Waals surface area contributed by atoms with Crippen LogP contribution in [0.15, 0.2) is 27.6 Å². The topological polar surface area (TPSA) is 66.5 Å². The van der Waals surface area contributed by atoms with E-state index in [0.29, 0.717) is 9.50 Å². The monoisotopic (exact) mass is 368 g/mol. The maximum Gasteiger partial charge on any atom is 0.240 e. The van der Waals surface area contributed by atoms with Gasteiger partial charge in [0.2, 0.25) is 15.9 Å². The standard InChI is InChI=1S/C11H14BrClN2O3S/c1-15(2)11(16)5-6-14-19(17,18)8-3-4-10(13)9(12)7-8/h3-4,7,14H,5-6H2,1-2H3. The Hall–Kier alpha value is -0.630. The van der Waals surface area contributed by atoms with Gasteiger partial charge in [0.05, 0.1) is 9.92 Å². The first-order valence-corrected chi connectivity index (χ1v) is 8.04. The first-order chi connectivity index (χ1) is 8.74. The SMILES string of the molecule is CN(C)C(=O)CCNS(=O)(=O)c1ccc(Cl)c(Br)c1. The molecule has 1 rings (SSSR count). The van der Waals surface area contributed by atoms with Crippen LogP contribution in [0.3, 0.4) is 0 Å². The van der Waals surface area contributed by atoms with E-state index < -0.39 is 10.0 Å². The first kappa shape index (κ1) is 16.4. The van der Waals surface area contributed by atoms with Gasteiger partial charge in [0.25, 0.3) is 0 Å². The van der Waals surface area contributed by atoms with Crippen LogP contribution in [0.5, 0.6) is 0 Å². The minimum absolute atomic E-state index is 0.0552. The Morgan fingerprint density at radius 3 is 2.58 bits per heavy atom. The van der Waals surface area contributed by atoms with Crippen molar-refractivity contribution >= 4 is 43.5 Å². The van der Waals surface area contributed by atoms with Crippen molar-refractivity contribution in [1.29, 1.82) is 0 Å². The van der Waals surface area contributed by atoms with Crippen LogP contribution in [0.4, 0.5) is 0 Å². The largest absolute Gasteiger partial charge is 0.349 e. The summed E-state index contributed by atoms with van der Waals surface area (Å²) < 4.78 is 26.8. The number of carbonyl (C=O) groups is 1. The van der Waals surface area contributed by atoms with E-state index in [1.54, 1.807) is 14.1 Å². The molecule has 1 aromatic carbocycles. The Balaban J connectivity index is 2.71. The number of benzene rings is 1. The van der Waals surface area contributed by atoms with Crippen LogP contribution in [-0.4, -0.2) is 39.9 Å². The Bertz CT molecular complexity index is 575. The molecule has 0 spiro atoms. The second kappa shape index (κ2) is 6.69. The molecule has 0 atom stereocenters. The Morgan fingerprint density at radius 2 is 2.05 bits per heavy atom. The number of sulfonamides is 1. The third kappa shape index (κ3) is 4.76. The van der Waals surface area contributed by atoms with Crippen LogP contribution in [0.25, 0.3) is 0 Å². The van der Waals surface area contributed by atoms with E-state index in [9.17, 15) is 13.2 Å². The Morgan fingerprint density at radius 1 is 1.42 bits per heavy atom. The molecule has 19 heavy (non-hydrogen) atoms. The van der Waals surface area contributed by atoms with Gasteiger partial charge in [-0.3, -0.25) is 4.79 Å². The molecular weight excluding hydrogens is 356 g/mol. The van der Waals surface area contributed by atoms with Crippen LogP contribution < -0.4 is 4.72 Å². The highest BCUT2D eigenvalue weighted by atomic mass is 79.9. The van der Waals surface area contributed by atoms with Crippen LogP contribution in [0.1, 0.15) is 6.42 Å². The van der Waals surface area contributed by atoms with Gasteiger partial charge in [-0.1, -0.05) is 11.6 Å². The van der Waals surface area contributed by atoms with Crippen LogP contribution in [0.2, 0.25) is 5.02 Å². The molecule has 106 valence electrons. The van der Waals surface area contributed by atoms with Gasteiger partial charge in [0.15, 0.2) is 0 Å². The van der Waals surface area contributed by atoms with Gasteiger partial charge in [0.1, 0.15) is 0 Å². The molecule has 0 saturated carbocycles. The molecular formula is C11H14BrClN2O3S. The molecule has 1 amide bonds. The molecule has 0 saturated heterocycles. The zero-order valence-corrected chi connectivity index (χ0v) is 13.6. The Labute approximate surface area is 126 Å². The van der Waals surface area contributed by atoms with Gasteiger partial charge in [-0.2, -0.15) is 0 Å². The molecule has 0 aliphatic heterocycles. The van der Waals surface area contributed by atoms with Gasteiger partial charge < -0.3 is 4.90 Å². The average Bonchev–Trinajstić information content (AvgIpc) is 2.32. The normalized spacial score (nSPS) is 11.4. The van der Waals surface area contributed by atoms with Gasteiger partial charge in [-0.05, 0) is 34.1 Å². The molecule has 8 heteroatoms. The zero-order valence-electron chi connectivity index (χ0n) is 10.5. The fourth-order valence-corrected chi connectivity index (χ4v) is 2.95. The second-order valence-corrected chi connectivity index (χ2v) is 7.04. The van der Waals surface area contributed by atoms with Crippen molar-refractivity contribution in [2.24, 2.45) is 0 Å². The summed E-state index contributed by atoms with van der Waals surface area (Å²) in [7, 11) is -0.394. The smallest absolute Gasteiger partial charge is 0.240 e. The van der Waals surface area contributed by atoms with Crippen LogP contribution >= 0.6 is 27.5 Å². The fourth-order valence-electron chi connectivity index (χ4n) is 1.24. The predicted octanol–water partition coefficient (Wildman–Crippen LogP) is 1.86. The number of carbonyl (C=O) groups excluding carboxylic acids is 1. The molecule has 0 heterocycles. The van der Waals surface area contributed by atoms with E-state index >= 15 is 0 Å². The summed E-state index contributed by atoms with van der Waals surface area (Å²) in [4.78, 5) is 12.8. The summed E-state index contributed by atoms with van der Waals surface area (Å²) in [6.07, 6.45) is 0.112. The minimum Gasteiger partial charge on any atom is -0.349 e. The lowest BCUT2D eigenvalue weighted by Gasteiger charge is -2.11. The Kier molecular flexibility index (Phi) is 5.79. The van der Waals surface area contributed by atoms with Crippen molar-refractivity contribution in [2.75, 3.05) is 20.6 Å². The number of amides is 1. The summed E-state index contributed by atoms with van der Waals surface area (Å²) in [5.41, 5.74) is 0. The average molecular weight is 370 g/mol. The summed E-state index contributed by atoms with van der Waals surface area (Å²) >= 11 is 8.96. The maximum atomic E-state index is 11.9. The van der Waals surface area contributed by atoms with Crippen molar-refractivity contribution in [2.45, 2.75) is 11.3 Å².